The SMILES string of the molecule is NC1CCc2c(OCC(=O)N3CCCCC3)cccc21. The van der Waals surface area contributed by atoms with Gasteiger partial charge in [-0.3, -0.25) is 4.79 Å². The standard InChI is InChI=1S/C16H22N2O2/c17-14-8-7-13-12(14)5-4-6-15(13)20-11-16(19)18-9-2-1-3-10-18/h4-6,14H,1-3,7-11,17H2. The molecule has 2 N–H and O–H groups in total. The van der Waals surface area contributed by atoms with Crippen LogP contribution in [0.25, 0.3) is 0 Å². The predicted molar refractivity (Wildman–Crippen MR) is 77.6 cm³/mol. The molecule has 0 aromatic heterocycles. The second-order valence-corrected chi connectivity index (χ2v) is 5.70. The third-order valence-electron chi connectivity index (χ3n) is 4.33. The Labute approximate surface area is 119 Å². The second-order valence-electron chi connectivity index (χ2n) is 5.70. The van der Waals surface area contributed by atoms with Crippen molar-refractivity contribution in [2.75, 3.05) is 19.7 Å². The van der Waals surface area contributed by atoms with Crippen molar-refractivity contribution in [2.24, 2.45) is 5.73 Å². The van der Waals surface area contributed by atoms with E-state index in [-0.39, 0.29) is 18.6 Å². The molecular weight excluding hydrogens is 252 g/mol. The first-order valence-corrected chi connectivity index (χ1v) is 7.53. The minimum Gasteiger partial charge on any atom is -0.483 e. The van der Waals surface area contributed by atoms with Gasteiger partial charge in [0.05, 0.1) is 0 Å². The lowest BCUT2D eigenvalue weighted by molar-refractivity contribution is -0.134. The van der Waals surface area contributed by atoms with Crippen LogP contribution >= 0.6 is 0 Å². The Hall–Kier alpha value is -1.55. The van der Waals surface area contributed by atoms with Gasteiger partial charge < -0.3 is 15.4 Å². The summed E-state index contributed by atoms with van der Waals surface area (Å²) in [6.07, 6.45) is 5.37. The lowest BCUT2D eigenvalue weighted by Gasteiger charge is -2.26. The van der Waals surface area contributed by atoms with Crippen molar-refractivity contribution in [3.8, 4) is 5.75 Å². The molecule has 3 rings (SSSR count). The third-order valence-corrected chi connectivity index (χ3v) is 4.33. The number of benzene rings is 1. The summed E-state index contributed by atoms with van der Waals surface area (Å²) in [5.41, 5.74) is 8.42. The van der Waals surface area contributed by atoms with Gasteiger partial charge in [0, 0.05) is 19.1 Å². The maximum Gasteiger partial charge on any atom is 0.260 e. The highest BCUT2D eigenvalue weighted by atomic mass is 16.5. The van der Waals surface area contributed by atoms with Gasteiger partial charge in [0.2, 0.25) is 0 Å². The van der Waals surface area contributed by atoms with Crippen LogP contribution in [0.1, 0.15) is 42.9 Å². The number of likely N-dealkylation sites (tertiary alicyclic amines) is 1. The molecule has 1 atom stereocenters. The Balaban J connectivity index is 1.63. The van der Waals surface area contributed by atoms with Crippen LogP contribution < -0.4 is 10.5 Å². The smallest absolute Gasteiger partial charge is 0.260 e. The van der Waals surface area contributed by atoms with Gasteiger partial charge in [0.25, 0.3) is 5.91 Å². The van der Waals surface area contributed by atoms with E-state index in [4.69, 9.17) is 10.5 Å². The molecule has 20 heavy (non-hydrogen) atoms. The first-order valence-electron chi connectivity index (χ1n) is 7.53. The Morgan fingerprint density at radius 2 is 2.10 bits per heavy atom. The van der Waals surface area contributed by atoms with Gasteiger partial charge in [-0.15, -0.1) is 0 Å². The Morgan fingerprint density at radius 1 is 1.30 bits per heavy atom. The fourth-order valence-electron chi connectivity index (χ4n) is 3.16. The zero-order valence-electron chi connectivity index (χ0n) is 11.8. The number of carbonyl (C=O) groups is 1. The molecule has 1 fully saturated rings. The quantitative estimate of drug-likeness (QED) is 0.917. The molecular formula is C16H22N2O2. The van der Waals surface area contributed by atoms with Crippen LogP contribution in [0.5, 0.6) is 5.75 Å². The normalized spacial score (nSPS) is 21.6. The van der Waals surface area contributed by atoms with Crippen LogP contribution in [0.2, 0.25) is 0 Å². The van der Waals surface area contributed by atoms with Gasteiger partial charge in [-0.05, 0) is 49.3 Å². The Kier molecular flexibility index (Phi) is 3.92. The number of carbonyl (C=O) groups excluding carboxylic acids is 1. The van der Waals surface area contributed by atoms with E-state index in [1.165, 1.54) is 17.5 Å². The molecule has 108 valence electrons. The largest absolute Gasteiger partial charge is 0.483 e. The van der Waals surface area contributed by atoms with E-state index in [0.29, 0.717) is 0 Å². The molecule has 2 aliphatic rings. The highest BCUT2D eigenvalue weighted by Gasteiger charge is 2.23. The van der Waals surface area contributed by atoms with Crippen LogP contribution in [-0.4, -0.2) is 30.5 Å². The van der Waals surface area contributed by atoms with E-state index in [9.17, 15) is 4.79 Å². The number of hydrogen-bond acceptors (Lipinski definition) is 3. The number of rotatable bonds is 3. The number of nitrogens with zero attached hydrogens (tertiary/aromatic N) is 1. The van der Waals surface area contributed by atoms with Crippen LogP contribution in [-0.2, 0) is 11.2 Å². The van der Waals surface area contributed by atoms with E-state index in [1.807, 2.05) is 17.0 Å². The molecule has 1 aliphatic carbocycles. The van der Waals surface area contributed by atoms with Crippen molar-refractivity contribution in [1.29, 1.82) is 0 Å². The first kappa shape index (κ1) is 13.4. The minimum absolute atomic E-state index is 0.101. The molecule has 1 aromatic rings. The van der Waals surface area contributed by atoms with Crippen molar-refractivity contribution < 1.29 is 9.53 Å². The van der Waals surface area contributed by atoms with Crippen LogP contribution in [0.3, 0.4) is 0 Å². The summed E-state index contributed by atoms with van der Waals surface area (Å²) < 4.78 is 5.77. The van der Waals surface area contributed by atoms with Gasteiger partial charge in [-0.1, -0.05) is 12.1 Å². The number of ether oxygens (including phenoxy) is 1. The monoisotopic (exact) mass is 274 g/mol. The minimum atomic E-state index is 0.101. The predicted octanol–water partition coefficient (Wildman–Crippen LogP) is 2.02. The van der Waals surface area contributed by atoms with Crippen molar-refractivity contribution in [1.82, 2.24) is 4.90 Å². The molecule has 1 heterocycles. The molecule has 0 bridgehead atoms. The number of piperidine rings is 1. The summed E-state index contributed by atoms with van der Waals surface area (Å²) in [7, 11) is 0. The van der Waals surface area contributed by atoms with E-state index < -0.39 is 0 Å². The van der Waals surface area contributed by atoms with E-state index in [2.05, 4.69) is 6.07 Å². The van der Waals surface area contributed by atoms with Crippen molar-refractivity contribution in [2.45, 2.75) is 38.1 Å². The highest BCUT2D eigenvalue weighted by molar-refractivity contribution is 5.77. The maximum absolute atomic E-state index is 12.1. The molecule has 1 aromatic carbocycles. The fraction of sp³-hybridized carbons (Fsp3) is 0.562. The maximum atomic E-state index is 12.1. The third kappa shape index (κ3) is 2.66. The van der Waals surface area contributed by atoms with E-state index in [0.717, 1.165) is 44.5 Å². The average Bonchev–Trinajstić information content (AvgIpc) is 2.88. The second kappa shape index (κ2) is 5.83. The molecule has 1 unspecified atom stereocenters. The Morgan fingerprint density at radius 3 is 2.90 bits per heavy atom. The topological polar surface area (TPSA) is 55.6 Å². The molecule has 0 saturated carbocycles. The van der Waals surface area contributed by atoms with Crippen molar-refractivity contribution in [3.63, 3.8) is 0 Å². The van der Waals surface area contributed by atoms with Gasteiger partial charge in [-0.25, -0.2) is 0 Å². The van der Waals surface area contributed by atoms with E-state index in [1.54, 1.807) is 0 Å². The summed E-state index contributed by atoms with van der Waals surface area (Å²) in [6.45, 7) is 1.89. The van der Waals surface area contributed by atoms with Crippen molar-refractivity contribution in [3.05, 3.63) is 29.3 Å². The molecule has 1 saturated heterocycles. The number of nitrogens with two attached hydrogens (primary N) is 1. The summed E-state index contributed by atoms with van der Waals surface area (Å²) in [6, 6.07) is 6.09. The lowest BCUT2D eigenvalue weighted by atomic mass is 10.1. The molecule has 1 amide bonds. The zero-order chi connectivity index (χ0) is 13.9. The number of hydrogen-bond donors (Lipinski definition) is 1. The zero-order valence-corrected chi connectivity index (χ0v) is 11.8. The number of amides is 1. The summed E-state index contributed by atoms with van der Waals surface area (Å²) in [5, 5.41) is 0. The molecule has 4 heteroatoms. The molecule has 0 radical (unpaired) electrons. The van der Waals surface area contributed by atoms with Crippen LogP contribution in [0.4, 0.5) is 0 Å². The molecule has 4 nitrogen and oxygen atoms in total. The molecule has 0 spiro atoms. The van der Waals surface area contributed by atoms with Gasteiger partial charge in [0.1, 0.15) is 5.75 Å². The average molecular weight is 274 g/mol. The number of fused-ring (bicyclic) bond motifs is 1. The van der Waals surface area contributed by atoms with E-state index >= 15 is 0 Å². The highest BCUT2D eigenvalue weighted by Crippen LogP contribution is 2.35. The van der Waals surface area contributed by atoms with Gasteiger partial charge in [-0.2, -0.15) is 0 Å². The van der Waals surface area contributed by atoms with Gasteiger partial charge >= 0.3 is 0 Å². The van der Waals surface area contributed by atoms with Crippen molar-refractivity contribution >= 4 is 5.91 Å². The fourth-order valence-corrected chi connectivity index (χ4v) is 3.16. The van der Waals surface area contributed by atoms with Crippen LogP contribution in [0, 0.1) is 0 Å². The first-order chi connectivity index (χ1) is 9.75. The summed E-state index contributed by atoms with van der Waals surface area (Å²) in [4.78, 5) is 14.0. The van der Waals surface area contributed by atoms with Crippen LogP contribution in [0.15, 0.2) is 18.2 Å². The summed E-state index contributed by atoms with van der Waals surface area (Å²) >= 11 is 0. The summed E-state index contributed by atoms with van der Waals surface area (Å²) in [5.74, 6) is 0.936. The molecule has 1 aliphatic heterocycles. The Bertz CT molecular complexity index is 495. The lowest BCUT2D eigenvalue weighted by Crippen LogP contribution is -2.38. The van der Waals surface area contributed by atoms with Gasteiger partial charge in [0.15, 0.2) is 6.61 Å².